The molecular weight excluding hydrogens is 338 g/mol. The number of anilines is 2. The van der Waals surface area contributed by atoms with Gasteiger partial charge in [-0.15, -0.1) is 0 Å². The normalized spacial score (nSPS) is 21.3. The van der Waals surface area contributed by atoms with Crippen LogP contribution in [0.5, 0.6) is 0 Å². The van der Waals surface area contributed by atoms with Crippen LogP contribution in [0.1, 0.15) is 57.1 Å². The number of aromatic nitrogens is 2. The zero-order chi connectivity index (χ0) is 18.6. The van der Waals surface area contributed by atoms with Crippen LogP contribution in [0.2, 0.25) is 0 Å². The second-order valence-electron chi connectivity index (χ2n) is 8.42. The van der Waals surface area contributed by atoms with Gasteiger partial charge in [0.2, 0.25) is 11.9 Å². The smallest absolute Gasteiger partial charge is 0.227 e. The number of aryl methyl sites for hydroxylation is 1. The van der Waals surface area contributed by atoms with E-state index >= 15 is 0 Å². The molecule has 0 unspecified atom stereocenters. The lowest BCUT2D eigenvalue weighted by atomic mass is 10.0. The molecule has 1 aromatic heterocycles. The Kier molecular flexibility index (Phi) is 5.79. The molecule has 6 nitrogen and oxygen atoms in total. The quantitative estimate of drug-likeness (QED) is 0.796. The van der Waals surface area contributed by atoms with Crippen molar-refractivity contribution in [3.05, 3.63) is 11.8 Å². The standard InChI is InChI=1S/C21H33N5O/c1-17-16-19(23-21(22-17)26-10-4-5-11-26)24-12-14-25(15-13-24)20(27)9-8-18-6-2-3-7-18/h16,18H,2-15H2,1H3. The van der Waals surface area contributed by atoms with E-state index in [4.69, 9.17) is 4.98 Å². The monoisotopic (exact) mass is 371 g/mol. The van der Waals surface area contributed by atoms with Crippen LogP contribution in [0.15, 0.2) is 6.07 Å². The molecule has 4 rings (SSSR count). The Morgan fingerprint density at radius 3 is 2.37 bits per heavy atom. The topological polar surface area (TPSA) is 52.6 Å². The van der Waals surface area contributed by atoms with Gasteiger partial charge >= 0.3 is 0 Å². The third kappa shape index (κ3) is 4.53. The zero-order valence-corrected chi connectivity index (χ0v) is 16.7. The van der Waals surface area contributed by atoms with Gasteiger partial charge < -0.3 is 14.7 Å². The minimum Gasteiger partial charge on any atom is -0.353 e. The minimum absolute atomic E-state index is 0.346. The number of amides is 1. The van der Waals surface area contributed by atoms with Crippen molar-refractivity contribution in [2.45, 2.75) is 58.3 Å². The molecule has 0 bridgehead atoms. The molecule has 0 radical (unpaired) electrons. The van der Waals surface area contributed by atoms with Crippen LogP contribution in [0, 0.1) is 12.8 Å². The molecule has 27 heavy (non-hydrogen) atoms. The van der Waals surface area contributed by atoms with Crippen molar-refractivity contribution < 1.29 is 4.79 Å². The van der Waals surface area contributed by atoms with Gasteiger partial charge in [0.1, 0.15) is 5.82 Å². The second kappa shape index (κ2) is 8.44. The van der Waals surface area contributed by atoms with Crippen molar-refractivity contribution in [3.8, 4) is 0 Å². The molecule has 148 valence electrons. The minimum atomic E-state index is 0.346. The lowest BCUT2D eigenvalue weighted by Crippen LogP contribution is -2.49. The van der Waals surface area contributed by atoms with E-state index in [1.807, 2.05) is 6.92 Å². The Hall–Kier alpha value is -1.85. The Balaban J connectivity index is 1.31. The first-order valence-corrected chi connectivity index (χ1v) is 10.8. The number of carbonyl (C=O) groups excluding carboxylic acids is 1. The first-order valence-electron chi connectivity index (χ1n) is 10.8. The summed E-state index contributed by atoms with van der Waals surface area (Å²) in [5.74, 6) is 3.03. The maximum Gasteiger partial charge on any atom is 0.227 e. The number of carbonyl (C=O) groups is 1. The SMILES string of the molecule is Cc1cc(N2CCN(C(=O)CCC3CCCC3)CC2)nc(N2CCCC2)n1. The van der Waals surface area contributed by atoms with Gasteiger partial charge in [-0.1, -0.05) is 25.7 Å². The summed E-state index contributed by atoms with van der Waals surface area (Å²) in [6, 6.07) is 2.08. The summed E-state index contributed by atoms with van der Waals surface area (Å²) in [7, 11) is 0. The lowest BCUT2D eigenvalue weighted by molar-refractivity contribution is -0.131. The molecule has 1 saturated carbocycles. The highest BCUT2D eigenvalue weighted by Crippen LogP contribution is 2.29. The van der Waals surface area contributed by atoms with Crippen molar-refractivity contribution >= 4 is 17.7 Å². The third-order valence-corrected chi connectivity index (χ3v) is 6.42. The number of hydrogen-bond acceptors (Lipinski definition) is 5. The van der Waals surface area contributed by atoms with E-state index in [2.05, 4.69) is 25.8 Å². The average molecular weight is 372 g/mol. The van der Waals surface area contributed by atoms with E-state index in [9.17, 15) is 4.79 Å². The summed E-state index contributed by atoms with van der Waals surface area (Å²) in [5.41, 5.74) is 1.02. The molecule has 3 fully saturated rings. The highest BCUT2D eigenvalue weighted by atomic mass is 16.2. The summed E-state index contributed by atoms with van der Waals surface area (Å²) < 4.78 is 0. The van der Waals surface area contributed by atoms with E-state index in [0.29, 0.717) is 5.91 Å². The number of piperazine rings is 1. The predicted octanol–water partition coefficient (Wildman–Crippen LogP) is 3.00. The summed E-state index contributed by atoms with van der Waals surface area (Å²) in [6.45, 7) is 7.53. The number of nitrogens with zero attached hydrogens (tertiary/aromatic N) is 5. The van der Waals surface area contributed by atoms with Crippen molar-refractivity contribution in [1.82, 2.24) is 14.9 Å². The summed E-state index contributed by atoms with van der Waals surface area (Å²) in [5, 5.41) is 0. The predicted molar refractivity (Wildman–Crippen MR) is 108 cm³/mol. The van der Waals surface area contributed by atoms with Crippen LogP contribution >= 0.6 is 0 Å². The fourth-order valence-electron chi connectivity index (χ4n) is 4.73. The van der Waals surface area contributed by atoms with Gasteiger partial charge in [-0.3, -0.25) is 4.79 Å². The molecule has 3 aliphatic rings. The first kappa shape index (κ1) is 18.5. The van der Waals surface area contributed by atoms with Gasteiger partial charge in [-0.25, -0.2) is 4.98 Å². The highest BCUT2D eigenvalue weighted by molar-refractivity contribution is 5.76. The molecule has 1 amide bonds. The van der Waals surface area contributed by atoms with Crippen molar-refractivity contribution in [2.75, 3.05) is 49.1 Å². The molecule has 0 aromatic carbocycles. The fourth-order valence-corrected chi connectivity index (χ4v) is 4.73. The van der Waals surface area contributed by atoms with Crippen LogP contribution in [0.3, 0.4) is 0 Å². The first-order chi connectivity index (χ1) is 13.2. The molecule has 0 atom stereocenters. The number of rotatable bonds is 5. The molecule has 2 aliphatic heterocycles. The van der Waals surface area contributed by atoms with Gasteiger partial charge in [0.05, 0.1) is 0 Å². The van der Waals surface area contributed by atoms with Gasteiger partial charge in [0, 0.05) is 57.4 Å². The molecule has 3 heterocycles. The Morgan fingerprint density at radius 1 is 0.963 bits per heavy atom. The van der Waals surface area contributed by atoms with E-state index in [1.54, 1.807) is 0 Å². The van der Waals surface area contributed by atoms with Crippen LogP contribution in [0.4, 0.5) is 11.8 Å². The van der Waals surface area contributed by atoms with Gasteiger partial charge in [0.15, 0.2) is 0 Å². The molecule has 0 N–H and O–H groups in total. The van der Waals surface area contributed by atoms with E-state index in [1.165, 1.54) is 38.5 Å². The van der Waals surface area contributed by atoms with Crippen LogP contribution in [-0.2, 0) is 4.79 Å². The van der Waals surface area contributed by atoms with Crippen molar-refractivity contribution in [3.63, 3.8) is 0 Å². The zero-order valence-electron chi connectivity index (χ0n) is 16.7. The second-order valence-corrected chi connectivity index (χ2v) is 8.42. The van der Waals surface area contributed by atoms with Gasteiger partial charge in [0.25, 0.3) is 0 Å². The maximum absolute atomic E-state index is 12.6. The maximum atomic E-state index is 12.6. The Bertz CT molecular complexity index is 644. The molecule has 1 aliphatic carbocycles. The third-order valence-electron chi connectivity index (χ3n) is 6.42. The molecular formula is C21H33N5O. The number of hydrogen-bond donors (Lipinski definition) is 0. The summed E-state index contributed by atoms with van der Waals surface area (Å²) >= 11 is 0. The van der Waals surface area contributed by atoms with Crippen LogP contribution in [-0.4, -0.2) is 60.0 Å². The van der Waals surface area contributed by atoms with Crippen LogP contribution in [0.25, 0.3) is 0 Å². The Labute approximate surface area is 162 Å². The highest BCUT2D eigenvalue weighted by Gasteiger charge is 2.24. The van der Waals surface area contributed by atoms with Crippen LogP contribution < -0.4 is 9.80 Å². The van der Waals surface area contributed by atoms with E-state index in [0.717, 1.165) is 75.5 Å². The molecule has 2 saturated heterocycles. The van der Waals surface area contributed by atoms with E-state index in [-0.39, 0.29) is 0 Å². The lowest BCUT2D eigenvalue weighted by Gasteiger charge is -2.36. The molecule has 0 spiro atoms. The average Bonchev–Trinajstić information content (AvgIpc) is 3.39. The van der Waals surface area contributed by atoms with Gasteiger partial charge in [-0.05, 0) is 32.1 Å². The summed E-state index contributed by atoms with van der Waals surface area (Å²) in [6.07, 6.45) is 9.65. The van der Waals surface area contributed by atoms with Crippen molar-refractivity contribution in [1.29, 1.82) is 0 Å². The summed E-state index contributed by atoms with van der Waals surface area (Å²) in [4.78, 5) is 28.7. The van der Waals surface area contributed by atoms with Gasteiger partial charge in [-0.2, -0.15) is 4.98 Å². The Morgan fingerprint density at radius 2 is 1.67 bits per heavy atom. The molecule has 6 heteroatoms. The largest absolute Gasteiger partial charge is 0.353 e. The fraction of sp³-hybridized carbons (Fsp3) is 0.762. The molecule has 1 aromatic rings. The van der Waals surface area contributed by atoms with Crippen molar-refractivity contribution in [2.24, 2.45) is 5.92 Å². The van der Waals surface area contributed by atoms with E-state index < -0.39 is 0 Å².